The summed E-state index contributed by atoms with van der Waals surface area (Å²) in [5, 5.41) is 3.70. The Bertz CT molecular complexity index is 584. The van der Waals surface area contributed by atoms with Crippen LogP contribution in [0.4, 0.5) is 0 Å². The molecule has 20 heavy (non-hydrogen) atoms. The molecule has 0 saturated heterocycles. The van der Waals surface area contributed by atoms with Crippen molar-refractivity contribution in [3.05, 3.63) is 40.9 Å². The fraction of sp³-hybridized carbons (Fsp3) is 0.357. The first-order chi connectivity index (χ1) is 9.65. The second-order valence-corrected chi connectivity index (χ2v) is 4.74. The molecule has 1 aromatic heterocycles. The van der Waals surface area contributed by atoms with Crippen LogP contribution in [0.1, 0.15) is 11.4 Å². The number of rotatable bonds is 6. The van der Waals surface area contributed by atoms with Crippen molar-refractivity contribution in [3.8, 4) is 11.5 Å². The standard InChI is InChI=1S/C14H18ClN3O2/c1-16-7-10-6-11(19-3)4-5-12(10)20-9-14-17-8-13(15)18(14)2/h4-6,8,16H,7,9H2,1-3H3. The van der Waals surface area contributed by atoms with Crippen LogP contribution in [0, 0.1) is 0 Å². The van der Waals surface area contributed by atoms with Gasteiger partial charge in [-0.1, -0.05) is 11.6 Å². The number of nitrogens with one attached hydrogen (secondary N) is 1. The van der Waals surface area contributed by atoms with E-state index in [-0.39, 0.29) is 0 Å². The Morgan fingerprint density at radius 2 is 2.20 bits per heavy atom. The highest BCUT2D eigenvalue weighted by Crippen LogP contribution is 2.25. The molecule has 0 radical (unpaired) electrons. The molecule has 0 aliphatic rings. The maximum atomic E-state index is 5.95. The van der Waals surface area contributed by atoms with E-state index in [1.165, 1.54) is 0 Å². The van der Waals surface area contributed by atoms with E-state index < -0.39 is 0 Å². The summed E-state index contributed by atoms with van der Waals surface area (Å²) in [5.41, 5.74) is 1.03. The molecule has 2 rings (SSSR count). The minimum absolute atomic E-state index is 0.367. The van der Waals surface area contributed by atoms with Crippen LogP contribution in [0.3, 0.4) is 0 Å². The molecule has 6 heteroatoms. The molecule has 0 saturated carbocycles. The monoisotopic (exact) mass is 295 g/mol. The number of benzene rings is 1. The quantitative estimate of drug-likeness (QED) is 0.889. The maximum Gasteiger partial charge on any atom is 0.147 e. The van der Waals surface area contributed by atoms with Crippen molar-refractivity contribution in [1.29, 1.82) is 0 Å². The van der Waals surface area contributed by atoms with Gasteiger partial charge < -0.3 is 19.4 Å². The number of methoxy groups -OCH3 is 1. The van der Waals surface area contributed by atoms with E-state index in [4.69, 9.17) is 21.1 Å². The molecule has 0 aliphatic carbocycles. The molecule has 0 unspecified atom stereocenters. The molecule has 5 nitrogen and oxygen atoms in total. The number of aromatic nitrogens is 2. The third kappa shape index (κ3) is 3.23. The Morgan fingerprint density at radius 3 is 2.80 bits per heavy atom. The molecular formula is C14H18ClN3O2. The highest BCUT2D eigenvalue weighted by atomic mass is 35.5. The summed E-state index contributed by atoms with van der Waals surface area (Å²) in [6, 6.07) is 5.73. The average Bonchev–Trinajstić information content (AvgIpc) is 2.78. The zero-order chi connectivity index (χ0) is 14.5. The van der Waals surface area contributed by atoms with Gasteiger partial charge in [0.25, 0.3) is 0 Å². The van der Waals surface area contributed by atoms with E-state index in [2.05, 4.69) is 10.3 Å². The number of imidazole rings is 1. The second-order valence-electron chi connectivity index (χ2n) is 4.35. The number of hydrogen-bond donors (Lipinski definition) is 1. The van der Waals surface area contributed by atoms with Gasteiger partial charge in [0.05, 0.1) is 13.3 Å². The van der Waals surface area contributed by atoms with Crippen molar-refractivity contribution in [2.45, 2.75) is 13.2 Å². The summed E-state index contributed by atoms with van der Waals surface area (Å²) in [6.07, 6.45) is 1.61. The van der Waals surface area contributed by atoms with Gasteiger partial charge in [0.2, 0.25) is 0 Å². The predicted octanol–water partition coefficient (Wildman–Crippen LogP) is 2.38. The molecule has 1 aromatic carbocycles. The van der Waals surface area contributed by atoms with E-state index in [0.29, 0.717) is 18.3 Å². The molecule has 0 atom stereocenters. The van der Waals surface area contributed by atoms with Crippen molar-refractivity contribution in [3.63, 3.8) is 0 Å². The van der Waals surface area contributed by atoms with Crippen LogP contribution in [0.2, 0.25) is 5.15 Å². The molecular weight excluding hydrogens is 278 g/mol. The normalized spacial score (nSPS) is 10.6. The summed E-state index contributed by atoms with van der Waals surface area (Å²) in [5.74, 6) is 2.39. The maximum absolute atomic E-state index is 5.95. The first kappa shape index (κ1) is 14.7. The van der Waals surface area contributed by atoms with Crippen LogP contribution >= 0.6 is 11.6 Å². The van der Waals surface area contributed by atoms with Gasteiger partial charge in [0.15, 0.2) is 0 Å². The van der Waals surface area contributed by atoms with E-state index in [0.717, 1.165) is 22.9 Å². The lowest BCUT2D eigenvalue weighted by atomic mass is 10.2. The van der Waals surface area contributed by atoms with Gasteiger partial charge in [0.1, 0.15) is 29.1 Å². The van der Waals surface area contributed by atoms with Crippen LogP contribution in [0.25, 0.3) is 0 Å². The van der Waals surface area contributed by atoms with E-state index >= 15 is 0 Å². The molecule has 108 valence electrons. The van der Waals surface area contributed by atoms with Gasteiger partial charge in [-0.3, -0.25) is 0 Å². The van der Waals surface area contributed by atoms with Crippen LogP contribution in [0.5, 0.6) is 11.5 Å². The van der Waals surface area contributed by atoms with Crippen LogP contribution in [-0.4, -0.2) is 23.7 Å². The van der Waals surface area contributed by atoms with Gasteiger partial charge in [-0.2, -0.15) is 0 Å². The number of halogens is 1. The van der Waals surface area contributed by atoms with E-state index in [1.54, 1.807) is 17.9 Å². The molecule has 0 amide bonds. The molecule has 0 bridgehead atoms. The molecule has 1 heterocycles. The Balaban J connectivity index is 2.14. The minimum Gasteiger partial charge on any atom is -0.497 e. The van der Waals surface area contributed by atoms with Gasteiger partial charge in [-0.15, -0.1) is 0 Å². The lowest BCUT2D eigenvalue weighted by molar-refractivity contribution is 0.287. The van der Waals surface area contributed by atoms with Gasteiger partial charge in [0, 0.05) is 19.2 Å². The highest BCUT2D eigenvalue weighted by Gasteiger charge is 2.09. The molecule has 0 fully saturated rings. The largest absolute Gasteiger partial charge is 0.497 e. The fourth-order valence-corrected chi connectivity index (χ4v) is 2.00. The van der Waals surface area contributed by atoms with Gasteiger partial charge >= 0.3 is 0 Å². The highest BCUT2D eigenvalue weighted by molar-refractivity contribution is 6.29. The summed E-state index contributed by atoms with van der Waals surface area (Å²) in [4.78, 5) is 4.21. The van der Waals surface area contributed by atoms with Gasteiger partial charge in [-0.05, 0) is 25.2 Å². The van der Waals surface area contributed by atoms with Crippen molar-refractivity contribution in [2.75, 3.05) is 14.2 Å². The summed E-state index contributed by atoms with van der Waals surface area (Å²) >= 11 is 5.95. The molecule has 2 aromatic rings. The lowest BCUT2D eigenvalue weighted by Crippen LogP contribution is -2.09. The Labute approximate surface area is 123 Å². The van der Waals surface area contributed by atoms with Crippen LogP contribution < -0.4 is 14.8 Å². The number of ether oxygens (including phenoxy) is 2. The third-order valence-corrected chi connectivity index (χ3v) is 3.37. The summed E-state index contributed by atoms with van der Waals surface area (Å²) < 4.78 is 12.9. The lowest BCUT2D eigenvalue weighted by Gasteiger charge is -2.12. The van der Waals surface area contributed by atoms with Crippen molar-refractivity contribution in [1.82, 2.24) is 14.9 Å². The second kappa shape index (κ2) is 6.63. The van der Waals surface area contributed by atoms with Crippen molar-refractivity contribution in [2.24, 2.45) is 7.05 Å². The summed E-state index contributed by atoms with van der Waals surface area (Å²) in [6.45, 7) is 1.07. The zero-order valence-electron chi connectivity index (χ0n) is 11.8. The number of hydrogen-bond acceptors (Lipinski definition) is 4. The number of nitrogens with zero attached hydrogens (tertiary/aromatic N) is 2. The Kier molecular flexibility index (Phi) is 4.87. The predicted molar refractivity (Wildman–Crippen MR) is 78.3 cm³/mol. The van der Waals surface area contributed by atoms with Crippen molar-refractivity contribution >= 4 is 11.6 Å². The van der Waals surface area contributed by atoms with Crippen LogP contribution in [-0.2, 0) is 20.2 Å². The van der Waals surface area contributed by atoms with E-state index in [1.807, 2.05) is 32.3 Å². The first-order valence-electron chi connectivity index (χ1n) is 6.26. The Morgan fingerprint density at radius 1 is 1.40 bits per heavy atom. The first-order valence-corrected chi connectivity index (χ1v) is 6.64. The molecule has 1 N–H and O–H groups in total. The minimum atomic E-state index is 0.367. The Hall–Kier alpha value is -1.72. The summed E-state index contributed by atoms with van der Waals surface area (Å²) in [7, 11) is 5.40. The topological polar surface area (TPSA) is 48.3 Å². The molecule has 0 aliphatic heterocycles. The van der Waals surface area contributed by atoms with Crippen LogP contribution in [0.15, 0.2) is 24.4 Å². The fourth-order valence-electron chi connectivity index (χ4n) is 1.85. The zero-order valence-corrected chi connectivity index (χ0v) is 12.6. The molecule has 0 spiro atoms. The average molecular weight is 296 g/mol. The van der Waals surface area contributed by atoms with E-state index in [9.17, 15) is 0 Å². The smallest absolute Gasteiger partial charge is 0.147 e. The SMILES string of the molecule is CNCc1cc(OC)ccc1OCc1ncc(Cl)n1C. The van der Waals surface area contributed by atoms with Gasteiger partial charge in [-0.25, -0.2) is 4.98 Å². The van der Waals surface area contributed by atoms with Crippen molar-refractivity contribution < 1.29 is 9.47 Å². The third-order valence-electron chi connectivity index (χ3n) is 3.02.